The molecular formula is C27H30N2O5. The van der Waals surface area contributed by atoms with E-state index in [4.69, 9.17) is 4.74 Å². The van der Waals surface area contributed by atoms with Crippen molar-refractivity contribution in [2.75, 3.05) is 13.2 Å². The van der Waals surface area contributed by atoms with Crippen molar-refractivity contribution in [3.63, 3.8) is 0 Å². The van der Waals surface area contributed by atoms with Crippen LogP contribution < -0.4 is 5.32 Å². The maximum absolute atomic E-state index is 13.2. The predicted octanol–water partition coefficient (Wildman–Crippen LogP) is 4.02. The zero-order valence-electron chi connectivity index (χ0n) is 19.5. The van der Waals surface area contributed by atoms with Crippen molar-refractivity contribution in [2.24, 2.45) is 11.3 Å². The van der Waals surface area contributed by atoms with Crippen LogP contribution in [-0.4, -0.2) is 53.2 Å². The monoisotopic (exact) mass is 462 g/mol. The quantitative estimate of drug-likeness (QED) is 0.648. The van der Waals surface area contributed by atoms with Crippen LogP contribution in [0.2, 0.25) is 0 Å². The van der Waals surface area contributed by atoms with Gasteiger partial charge in [-0.25, -0.2) is 4.79 Å². The standard InChI is InChI=1S/C27H30N2O5/c1-16(2)29(14-24(30)31)25(32)27-12-17(27)11-18(13-27)28-26(33)34-15-23-21-9-5-3-7-19(21)20-8-4-6-10-22(20)23/h3-10,16-18,23H,11-15H2,1-2H3,(H,28,33)(H,30,31)/t17-,18+,27+/m0/s1. The topological polar surface area (TPSA) is 95.9 Å². The minimum absolute atomic E-state index is 0.00123. The van der Waals surface area contributed by atoms with Crippen LogP contribution in [0, 0.1) is 11.3 Å². The first-order chi connectivity index (χ1) is 16.3. The summed E-state index contributed by atoms with van der Waals surface area (Å²) in [4.78, 5) is 38.5. The number of ether oxygens (including phenoxy) is 1. The van der Waals surface area contributed by atoms with Gasteiger partial charge in [-0.2, -0.15) is 0 Å². The van der Waals surface area contributed by atoms with Gasteiger partial charge < -0.3 is 20.1 Å². The number of rotatable bonds is 7. The van der Waals surface area contributed by atoms with Crippen molar-refractivity contribution in [3.8, 4) is 11.1 Å². The Morgan fingerprint density at radius 3 is 2.26 bits per heavy atom. The van der Waals surface area contributed by atoms with Gasteiger partial charge in [-0.1, -0.05) is 48.5 Å². The van der Waals surface area contributed by atoms with Crippen molar-refractivity contribution < 1.29 is 24.2 Å². The molecule has 2 saturated carbocycles. The van der Waals surface area contributed by atoms with E-state index in [1.165, 1.54) is 16.0 Å². The van der Waals surface area contributed by atoms with Gasteiger partial charge in [-0.05, 0) is 61.3 Å². The molecule has 2 aromatic carbocycles. The van der Waals surface area contributed by atoms with Gasteiger partial charge in [0.2, 0.25) is 5.91 Å². The highest BCUT2D eigenvalue weighted by atomic mass is 16.5. The number of carboxylic acid groups (broad SMARTS) is 1. The molecule has 0 spiro atoms. The Balaban J connectivity index is 1.20. The summed E-state index contributed by atoms with van der Waals surface area (Å²) in [7, 11) is 0. The second kappa shape index (κ2) is 8.46. The number of nitrogens with zero attached hydrogens (tertiary/aromatic N) is 1. The molecule has 0 unspecified atom stereocenters. The number of alkyl carbamates (subject to hydrolysis) is 1. The van der Waals surface area contributed by atoms with E-state index < -0.39 is 17.5 Å². The first-order valence-corrected chi connectivity index (χ1v) is 11.9. The summed E-state index contributed by atoms with van der Waals surface area (Å²) in [5.74, 6) is -0.929. The molecule has 3 aliphatic carbocycles. The molecule has 2 amide bonds. The summed E-state index contributed by atoms with van der Waals surface area (Å²) >= 11 is 0. The zero-order chi connectivity index (χ0) is 24.0. The van der Waals surface area contributed by atoms with E-state index in [1.807, 2.05) is 38.1 Å². The molecule has 3 aliphatic rings. The summed E-state index contributed by atoms with van der Waals surface area (Å²) in [6, 6.07) is 16.1. The zero-order valence-corrected chi connectivity index (χ0v) is 19.5. The Bertz CT molecular complexity index is 1100. The Morgan fingerprint density at radius 2 is 1.68 bits per heavy atom. The van der Waals surface area contributed by atoms with Gasteiger partial charge in [-0.15, -0.1) is 0 Å². The minimum atomic E-state index is -1.01. The van der Waals surface area contributed by atoms with Crippen LogP contribution in [0.4, 0.5) is 4.79 Å². The molecule has 34 heavy (non-hydrogen) atoms. The first-order valence-electron chi connectivity index (χ1n) is 11.9. The van der Waals surface area contributed by atoms with Crippen molar-refractivity contribution in [3.05, 3.63) is 59.7 Å². The van der Waals surface area contributed by atoms with E-state index in [2.05, 4.69) is 29.6 Å². The second-order valence-corrected chi connectivity index (χ2v) is 10.1. The fourth-order valence-electron chi connectivity index (χ4n) is 5.99. The number of amides is 2. The van der Waals surface area contributed by atoms with E-state index >= 15 is 0 Å². The minimum Gasteiger partial charge on any atom is -0.480 e. The van der Waals surface area contributed by atoms with E-state index in [0.717, 1.165) is 24.0 Å². The summed E-state index contributed by atoms with van der Waals surface area (Å²) < 4.78 is 5.66. The van der Waals surface area contributed by atoms with Crippen molar-refractivity contribution in [1.82, 2.24) is 10.2 Å². The van der Waals surface area contributed by atoms with Crippen molar-refractivity contribution >= 4 is 18.0 Å². The molecule has 5 rings (SSSR count). The summed E-state index contributed by atoms with van der Waals surface area (Å²) in [6.45, 7) is 3.61. The largest absolute Gasteiger partial charge is 0.480 e. The molecule has 0 heterocycles. The molecular weight excluding hydrogens is 432 g/mol. The van der Waals surface area contributed by atoms with Crippen LogP contribution in [-0.2, 0) is 14.3 Å². The van der Waals surface area contributed by atoms with E-state index in [0.29, 0.717) is 6.42 Å². The van der Waals surface area contributed by atoms with Crippen molar-refractivity contribution in [1.29, 1.82) is 0 Å². The van der Waals surface area contributed by atoms with Crippen molar-refractivity contribution in [2.45, 2.75) is 51.1 Å². The van der Waals surface area contributed by atoms with Gasteiger partial charge in [0.15, 0.2) is 0 Å². The van der Waals surface area contributed by atoms with Crippen LogP contribution in [0.15, 0.2) is 48.5 Å². The number of carbonyl (C=O) groups is 3. The molecule has 0 bridgehead atoms. The van der Waals surface area contributed by atoms with Crippen LogP contribution in [0.25, 0.3) is 11.1 Å². The SMILES string of the molecule is CC(C)N(CC(=O)O)C(=O)[C@]12C[C@H](NC(=O)OCC3c4ccccc4-c4ccccc43)C[C@H]1C2. The average Bonchev–Trinajstić information content (AvgIpc) is 3.23. The number of nitrogens with one attached hydrogen (secondary N) is 1. The van der Waals surface area contributed by atoms with E-state index in [9.17, 15) is 19.5 Å². The third-order valence-corrected chi connectivity index (χ3v) is 7.69. The third kappa shape index (κ3) is 3.83. The molecule has 0 saturated heterocycles. The number of aliphatic carboxylic acids is 1. The maximum Gasteiger partial charge on any atom is 0.407 e. The number of hydrogen-bond acceptors (Lipinski definition) is 4. The number of hydrogen-bond donors (Lipinski definition) is 2. The lowest BCUT2D eigenvalue weighted by Crippen LogP contribution is -2.45. The molecule has 2 aromatic rings. The Morgan fingerprint density at radius 1 is 1.06 bits per heavy atom. The Hall–Kier alpha value is -3.35. The third-order valence-electron chi connectivity index (χ3n) is 7.69. The lowest BCUT2D eigenvalue weighted by Gasteiger charge is -2.29. The highest BCUT2D eigenvalue weighted by Gasteiger charge is 2.66. The molecule has 0 aliphatic heterocycles. The Labute approximate surface area is 199 Å². The van der Waals surface area contributed by atoms with Gasteiger partial charge in [0.1, 0.15) is 13.2 Å². The van der Waals surface area contributed by atoms with Gasteiger partial charge in [0.05, 0.1) is 5.41 Å². The maximum atomic E-state index is 13.2. The lowest BCUT2D eigenvalue weighted by molar-refractivity contribution is -0.148. The van der Waals surface area contributed by atoms with Gasteiger partial charge in [0.25, 0.3) is 0 Å². The number of benzene rings is 2. The lowest BCUT2D eigenvalue weighted by atomic mass is 9.98. The summed E-state index contributed by atoms with van der Waals surface area (Å²) in [5.41, 5.74) is 4.14. The van der Waals surface area contributed by atoms with Gasteiger partial charge in [0, 0.05) is 18.0 Å². The van der Waals surface area contributed by atoms with Crippen LogP contribution in [0.1, 0.15) is 50.2 Å². The summed E-state index contributed by atoms with van der Waals surface area (Å²) in [6.07, 6.45) is 1.54. The molecule has 2 N–H and O–H groups in total. The second-order valence-electron chi connectivity index (χ2n) is 10.1. The molecule has 7 heteroatoms. The molecule has 3 atom stereocenters. The fraction of sp³-hybridized carbons (Fsp3) is 0.444. The van der Waals surface area contributed by atoms with Crippen LogP contribution in [0.5, 0.6) is 0 Å². The first kappa shape index (κ1) is 22.4. The Kier molecular flexibility index (Phi) is 5.58. The van der Waals surface area contributed by atoms with Gasteiger partial charge in [-0.3, -0.25) is 9.59 Å². The normalized spacial score (nSPS) is 24.2. The molecule has 0 radical (unpaired) electrons. The van der Waals surface area contributed by atoms with Crippen LogP contribution >= 0.6 is 0 Å². The molecule has 178 valence electrons. The predicted molar refractivity (Wildman–Crippen MR) is 126 cm³/mol. The number of fused-ring (bicyclic) bond motifs is 4. The molecule has 7 nitrogen and oxygen atoms in total. The highest BCUT2D eigenvalue weighted by Crippen LogP contribution is 2.64. The van der Waals surface area contributed by atoms with Crippen LogP contribution in [0.3, 0.4) is 0 Å². The molecule has 2 fully saturated rings. The van der Waals surface area contributed by atoms with E-state index in [1.54, 1.807) is 0 Å². The summed E-state index contributed by atoms with van der Waals surface area (Å²) in [5, 5.41) is 12.1. The van der Waals surface area contributed by atoms with Gasteiger partial charge >= 0.3 is 12.1 Å². The molecule has 0 aromatic heterocycles. The number of carbonyl (C=O) groups excluding carboxylic acids is 2. The highest BCUT2D eigenvalue weighted by molar-refractivity contribution is 5.89. The smallest absolute Gasteiger partial charge is 0.407 e. The van der Waals surface area contributed by atoms with E-state index in [-0.39, 0.29) is 43.0 Å². The fourth-order valence-corrected chi connectivity index (χ4v) is 5.99. The average molecular weight is 463 g/mol. The number of carboxylic acids is 1.